The predicted octanol–water partition coefficient (Wildman–Crippen LogP) is 2.60. The molecule has 0 radical (unpaired) electrons. The molecule has 2 aliphatic rings. The lowest BCUT2D eigenvalue weighted by Crippen LogP contribution is -2.51. The Kier molecular flexibility index (Phi) is 5.65. The highest BCUT2D eigenvalue weighted by Gasteiger charge is 2.45. The number of rotatable bonds is 6. The monoisotopic (exact) mass is 450 g/mol. The Morgan fingerprint density at radius 2 is 1.37 bits per heavy atom. The zero-order valence-electron chi connectivity index (χ0n) is 17.0. The summed E-state index contributed by atoms with van der Waals surface area (Å²) < 4.78 is 59.3. The van der Waals surface area contributed by atoms with Gasteiger partial charge in [-0.2, -0.15) is 4.31 Å². The molecule has 0 aliphatic carbocycles. The van der Waals surface area contributed by atoms with Crippen molar-refractivity contribution in [2.75, 3.05) is 13.4 Å². The van der Waals surface area contributed by atoms with E-state index in [2.05, 4.69) is 4.72 Å². The molecule has 9 heteroatoms. The van der Waals surface area contributed by atoms with Crippen molar-refractivity contribution in [1.82, 2.24) is 9.03 Å². The summed E-state index contributed by atoms with van der Waals surface area (Å²) in [6.07, 6.45) is 3.81. The largest absolute Gasteiger partial charge is 0.497 e. The zero-order chi connectivity index (χ0) is 21.5. The van der Waals surface area contributed by atoms with Gasteiger partial charge in [-0.25, -0.2) is 21.6 Å². The molecule has 2 aromatic rings. The number of benzene rings is 2. The number of fused-ring (bicyclic) bond motifs is 2. The maximum atomic E-state index is 12.9. The highest BCUT2D eigenvalue weighted by Crippen LogP contribution is 2.38. The van der Waals surface area contributed by atoms with Crippen LogP contribution >= 0.6 is 0 Å². The van der Waals surface area contributed by atoms with Crippen molar-refractivity contribution in [1.29, 1.82) is 0 Å². The number of nitrogens with zero attached hydrogens (tertiary/aromatic N) is 1. The fourth-order valence-electron chi connectivity index (χ4n) is 4.67. The Morgan fingerprint density at radius 3 is 1.83 bits per heavy atom. The molecule has 2 saturated heterocycles. The number of hydrogen-bond acceptors (Lipinski definition) is 5. The number of ether oxygens (including phenoxy) is 1. The molecule has 162 valence electrons. The maximum Gasteiger partial charge on any atom is 0.240 e. The second-order valence-electron chi connectivity index (χ2n) is 8.02. The molecule has 4 rings (SSSR count). The maximum absolute atomic E-state index is 12.9. The molecule has 2 fully saturated rings. The van der Waals surface area contributed by atoms with Crippen LogP contribution in [0.1, 0.15) is 25.7 Å². The molecule has 2 aromatic carbocycles. The second-order valence-corrected chi connectivity index (χ2v) is 11.6. The van der Waals surface area contributed by atoms with Crippen LogP contribution in [0.5, 0.6) is 5.75 Å². The first-order valence-corrected chi connectivity index (χ1v) is 13.3. The summed E-state index contributed by atoms with van der Waals surface area (Å²) in [5.74, 6) is 0.762. The highest BCUT2D eigenvalue weighted by atomic mass is 32.2. The molecule has 7 nitrogen and oxygen atoms in total. The molecule has 0 amide bonds. The first-order chi connectivity index (χ1) is 14.2. The van der Waals surface area contributed by atoms with E-state index < -0.39 is 20.0 Å². The van der Waals surface area contributed by atoms with Crippen LogP contribution in [0.2, 0.25) is 0 Å². The molecule has 30 heavy (non-hydrogen) atoms. The van der Waals surface area contributed by atoms with Crippen molar-refractivity contribution in [3.05, 3.63) is 48.5 Å². The lowest BCUT2D eigenvalue weighted by atomic mass is 10.0. The quantitative estimate of drug-likeness (QED) is 0.730. The first kappa shape index (κ1) is 21.3. The molecule has 0 aromatic heterocycles. The predicted molar refractivity (Wildman–Crippen MR) is 115 cm³/mol. The van der Waals surface area contributed by atoms with Crippen molar-refractivity contribution in [2.45, 2.75) is 48.7 Å². The summed E-state index contributed by atoms with van der Waals surface area (Å²) in [5, 5.41) is 0. The average Bonchev–Trinajstić information content (AvgIpc) is 3.00. The third-order valence-electron chi connectivity index (χ3n) is 5.96. The molecule has 2 atom stereocenters. The summed E-state index contributed by atoms with van der Waals surface area (Å²) in [7, 11) is -5.34. The van der Waals surface area contributed by atoms with Gasteiger partial charge >= 0.3 is 0 Å². The van der Waals surface area contributed by atoms with Gasteiger partial charge in [-0.05, 0) is 61.1 Å². The normalized spacial score (nSPS) is 24.7. The van der Waals surface area contributed by atoms with Crippen molar-refractivity contribution in [2.24, 2.45) is 0 Å². The van der Waals surface area contributed by atoms with Gasteiger partial charge in [0.15, 0.2) is 0 Å². The van der Waals surface area contributed by atoms with Gasteiger partial charge < -0.3 is 4.74 Å². The minimum Gasteiger partial charge on any atom is -0.497 e. The van der Waals surface area contributed by atoms with Gasteiger partial charge in [0.2, 0.25) is 20.0 Å². The molecule has 2 unspecified atom stereocenters. The van der Waals surface area contributed by atoms with E-state index in [1.165, 1.54) is 6.26 Å². The Balaban J connectivity index is 1.46. The van der Waals surface area contributed by atoms with Gasteiger partial charge in [-0.1, -0.05) is 24.3 Å². The fourth-order valence-corrected chi connectivity index (χ4v) is 7.40. The Morgan fingerprint density at radius 1 is 0.867 bits per heavy atom. The van der Waals surface area contributed by atoms with Gasteiger partial charge in [0.25, 0.3) is 0 Å². The van der Waals surface area contributed by atoms with Crippen LogP contribution in [0.25, 0.3) is 11.1 Å². The number of hydrogen-bond donors (Lipinski definition) is 1. The van der Waals surface area contributed by atoms with E-state index in [0.29, 0.717) is 12.8 Å². The van der Waals surface area contributed by atoms with Crippen LogP contribution in [0.4, 0.5) is 0 Å². The molecule has 1 N–H and O–H groups in total. The van der Waals surface area contributed by atoms with Crippen molar-refractivity contribution in [3.8, 4) is 16.9 Å². The van der Waals surface area contributed by atoms with Crippen molar-refractivity contribution < 1.29 is 21.6 Å². The summed E-state index contributed by atoms with van der Waals surface area (Å²) in [4.78, 5) is 0.206. The molecule has 2 aliphatic heterocycles. The van der Waals surface area contributed by atoms with Gasteiger partial charge in [-0.3, -0.25) is 0 Å². The SMILES string of the molecule is COc1ccc(-c2ccc(S(=O)(=O)NC3CC4CCC(C3)N4S(C)(=O)=O)cc2)cc1. The highest BCUT2D eigenvalue weighted by molar-refractivity contribution is 7.89. The number of methoxy groups -OCH3 is 1. The summed E-state index contributed by atoms with van der Waals surface area (Å²) in [5.41, 5.74) is 1.88. The van der Waals surface area contributed by atoms with Crippen LogP contribution in [0.3, 0.4) is 0 Å². The van der Waals surface area contributed by atoms with Crippen molar-refractivity contribution >= 4 is 20.0 Å². The standard InChI is InChI=1S/C21H26N2O5S2/c1-28-20-9-3-15(4-10-20)16-5-11-21(12-6-16)30(26,27)22-17-13-18-7-8-19(14-17)23(18)29(2,24)25/h3-6,9-12,17-19,22H,7-8,13-14H2,1-2H3. The van der Waals surface area contributed by atoms with Crippen molar-refractivity contribution in [3.63, 3.8) is 0 Å². The third kappa shape index (κ3) is 4.25. The second kappa shape index (κ2) is 7.96. The zero-order valence-corrected chi connectivity index (χ0v) is 18.6. The molecule has 2 bridgehead atoms. The average molecular weight is 451 g/mol. The summed E-state index contributed by atoms with van der Waals surface area (Å²) in [6.45, 7) is 0. The molecule has 0 saturated carbocycles. The number of nitrogens with one attached hydrogen (secondary N) is 1. The Labute approximate surface area is 178 Å². The number of piperidine rings is 1. The first-order valence-electron chi connectivity index (χ1n) is 9.93. The van der Waals surface area contributed by atoms with E-state index in [4.69, 9.17) is 4.74 Å². The van der Waals surface area contributed by atoms with E-state index in [1.54, 1.807) is 35.7 Å². The van der Waals surface area contributed by atoms with Gasteiger partial charge in [0.05, 0.1) is 18.3 Å². The summed E-state index contributed by atoms with van der Waals surface area (Å²) >= 11 is 0. The van der Waals surface area contributed by atoms with E-state index in [1.807, 2.05) is 24.3 Å². The Hall–Kier alpha value is -1.94. The van der Waals surface area contributed by atoms with Gasteiger partial charge in [-0.15, -0.1) is 0 Å². The molecule has 2 heterocycles. The van der Waals surface area contributed by atoms with E-state index in [-0.39, 0.29) is 23.0 Å². The topological polar surface area (TPSA) is 92.8 Å². The fraction of sp³-hybridized carbons (Fsp3) is 0.429. The smallest absolute Gasteiger partial charge is 0.240 e. The molecule has 0 spiro atoms. The van der Waals surface area contributed by atoms with Crippen LogP contribution in [-0.2, 0) is 20.0 Å². The molecular formula is C21H26N2O5S2. The van der Waals surface area contributed by atoms with Crippen LogP contribution in [0, 0.1) is 0 Å². The minimum atomic E-state index is -3.68. The number of sulfonamides is 2. The van der Waals surface area contributed by atoms with Crippen LogP contribution in [-0.4, -0.2) is 52.6 Å². The van der Waals surface area contributed by atoms with E-state index in [0.717, 1.165) is 29.7 Å². The lowest BCUT2D eigenvalue weighted by Gasteiger charge is -2.37. The lowest BCUT2D eigenvalue weighted by molar-refractivity contribution is 0.221. The van der Waals surface area contributed by atoms with Crippen LogP contribution in [0.15, 0.2) is 53.4 Å². The van der Waals surface area contributed by atoms with Crippen LogP contribution < -0.4 is 9.46 Å². The van der Waals surface area contributed by atoms with E-state index in [9.17, 15) is 16.8 Å². The molecular weight excluding hydrogens is 424 g/mol. The van der Waals surface area contributed by atoms with Gasteiger partial charge in [0, 0.05) is 18.1 Å². The van der Waals surface area contributed by atoms with Gasteiger partial charge in [0.1, 0.15) is 5.75 Å². The third-order valence-corrected chi connectivity index (χ3v) is 8.86. The van der Waals surface area contributed by atoms with E-state index >= 15 is 0 Å². The summed E-state index contributed by atoms with van der Waals surface area (Å²) in [6, 6.07) is 13.8. The Bertz CT molecular complexity index is 1100. The minimum absolute atomic E-state index is 0.121.